The van der Waals surface area contributed by atoms with E-state index in [0.717, 1.165) is 10.8 Å². The maximum atomic E-state index is 13.1. The first kappa shape index (κ1) is 20.6. The van der Waals surface area contributed by atoms with Gasteiger partial charge in [-0.1, -0.05) is 54.6 Å². The maximum Gasteiger partial charge on any atom is 0.295 e. The van der Waals surface area contributed by atoms with E-state index in [0.29, 0.717) is 16.9 Å². The lowest BCUT2D eigenvalue weighted by atomic mass is 9.93. The van der Waals surface area contributed by atoms with E-state index in [4.69, 9.17) is 9.47 Å². The van der Waals surface area contributed by atoms with Crippen LogP contribution in [0.2, 0.25) is 0 Å². The van der Waals surface area contributed by atoms with E-state index in [9.17, 15) is 14.7 Å². The zero-order chi connectivity index (χ0) is 22.0. The molecule has 0 radical (unpaired) electrons. The summed E-state index contributed by atoms with van der Waals surface area (Å²) in [6, 6.07) is 19.5. The number of likely N-dealkylation sites (tertiary alicyclic amines) is 1. The Labute approximate surface area is 180 Å². The second-order valence-corrected chi connectivity index (χ2v) is 7.29. The van der Waals surface area contributed by atoms with Gasteiger partial charge in [0.05, 0.1) is 25.3 Å². The predicted octanol–water partition coefficient (Wildman–Crippen LogP) is 3.92. The molecule has 31 heavy (non-hydrogen) atoms. The van der Waals surface area contributed by atoms with Gasteiger partial charge >= 0.3 is 0 Å². The van der Waals surface area contributed by atoms with Crippen LogP contribution < -0.4 is 4.74 Å². The van der Waals surface area contributed by atoms with Gasteiger partial charge in [-0.15, -0.1) is 0 Å². The third-order valence-corrected chi connectivity index (χ3v) is 5.53. The number of carbonyl (C=O) groups is 2. The van der Waals surface area contributed by atoms with E-state index in [-0.39, 0.29) is 24.5 Å². The quantitative estimate of drug-likeness (QED) is 0.374. The topological polar surface area (TPSA) is 76.1 Å². The fraction of sp³-hybridized carbons (Fsp3) is 0.200. The minimum absolute atomic E-state index is 0.0608. The van der Waals surface area contributed by atoms with Crippen LogP contribution in [0.25, 0.3) is 16.5 Å². The molecule has 4 rings (SSSR count). The van der Waals surface area contributed by atoms with Crippen molar-refractivity contribution >= 4 is 28.2 Å². The minimum Gasteiger partial charge on any atom is -0.507 e. The number of carbonyl (C=O) groups excluding carboxylic acids is 2. The number of Topliss-reactive ketones (excluding diaryl/α,β-unsaturated/α-hetero) is 1. The largest absolute Gasteiger partial charge is 0.507 e. The van der Waals surface area contributed by atoms with Crippen molar-refractivity contribution < 1.29 is 24.2 Å². The first-order valence-electron chi connectivity index (χ1n) is 9.96. The second kappa shape index (κ2) is 8.62. The van der Waals surface area contributed by atoms with Crippen molar-refractivity contribution in [3.63, 3.8) is 0 Å². The van der Waals surface area contributed by atoms with Gasteiger partial charge in [0.25, 0.3) is 11.7 Å². The summed E-state index contributed by atoms with van der Waals surface area (Å²) in [5.41, 5.74) is 1.25. The van der Waals surface area contributed by atoms with Crippen LogP contribution in [-0.2, 0) is 14.3 Å². The second-order valence-electron chi connectivity index (χ2n) is 7.29. The lowest BCUT2D eigenvalue weighted by Gasteiger charge is -2.25. The Bertz CT molecular complexity index is 1180. The predicted molar refractivity (Wildman–Crippen MR) is 118 cm³/mol. The average Bonchev–Trinajstić information content (AvgIpc) is 3.06. The number of nitrogens with zero attached hydrogens (tertiary/aromatic N) is 1. The van der Waals surface area contributed by atoms with Gasteiger partial charge in [-0.2, -0.15) is 0 Å². The van der Waals surface area contributed by atoms with Crippen LogP contribution >= 0.6 is 0 Å². The van der Waals surface area contributed by atoms with E-state index in [1.54, 1.807) is 31.4 Å². The minimum atomic E-state index is -0.746. The van der Waals surface area contributed by atoms with Crippen molar-refractivity contribution in [2.75, 3.05) is 27.4 Å². The molecule has 6 nitrogen and oxygen atoms in total. The first-order valence-corrected chi connectivity index (χ1v) is 9.96. The number of aliphatic hydroxyl groups excluding tert-OH is 1. The Kier molecular flexibility index (Phi) is 5.73. The highest BCUT2D eigenvalue weighted by Crippen LogP contribution is 2.41. The normalized spacial score (nSPS) is 18.0. The van der Waals surface area contributed by atoms with Crippen molar-refractivity contribution in [1.82, 2.24) is 4.90 Å². The van der Waals surface area contributed by atoms with Gasteiger partial charge in [-0.3, -0.25) is 9.59 Å². The number of amides is 1. The van der Waals surface area contributed by atoms with Gasteiger partial charge in [-0.25, -0.2) is 0 Å². The number of methoxy groups -OCH3 is 2. The SMILES string of the molecule is COCCN1C(=O)C(=O)/C(=C(\O)c2cccc3ccccc23)C1c1cccc(OC)c1. The van der Waals surface area contributed by atoms with E-state index in [2.05, 4.69) is 0 Å². The van der Waals surface area contributed by atoms with Gasteiger partial charge in [0.1, 0.15) is 11.5 Å². The van der Waals surface area contributed by atoms with E-state index >= 15 is 0 Å². The summed E-state index contributed by atoms with van der Waals surface area (Å²) in [5, 5.41) is 13.1. The van der Waals surface area contributed by atoms with Crippen LogP contribution in [0.15, 0.2) is 72.3 Å². The van der Waals surface area contributed by atoms with E-state index in [1.165, 1.54) is 12.0 Å². The average molecular weight is 417 g/mol. The van der Waals surface area contributed by atoms with Crippen LogP contribution in [-0.4, -0.2) is 49.1 Å². The van der Waals surface area contributed by atoms with Crippen molar-refractivity contribution in [3.05, 3.63) is 83.4 Å². The van der Waals surface area contributed by atoms with Crippen molar-refractivity contribution in [2.24, 2.45) is 0 Å². The Morgan fingerprint density at radius 1 is 1.00 bits per heavy atom. The lowest BCUT2D eigenvalue weighted by Crippen LogP contribution is -2.32. The van der Waals surface area contributed by atoms with Crippen LogP contribution in [0, 0.1) is 0 Å². The zero-order valence-electron chi connectivity index (χ0n) is 17.4. The monoisotopic (exact) mass is 417 g/mol. The molecule has 0 aromatic heterocycles. The zero-order valence-corrected chi connectivity index (χ0v) is 17.4. The summed E-state index contributed by atoms with van der Waals surface area (Å²) < 4.78 is 10.5. The maximum absolute atomic E-state index is 13.1. The molecular weight excluding hydrogens is 394 g/mol. The molecule has 0 spiro atoms. The molecule has 0 bridgehead atoms. The fourth-order valence-corrected chi connectivity index (χ4v) is 4.04. The number of hydrogen-bond donors (Lipinski definition) is 1. The summed E-state index contributed by atoms with van der Waals surface area (Å²) in [4.78, 5) is 27.4. The molecule has 1 heterocycles. The molecule has 158 valence electrons. The third kappa shape index (κ3) is 3.66. The molecule has 3 aromatic carbocycles. The molecular formula is C25H23NO5. The fourth-order valence-electron chi connectivity index (χ4n) is 4.04. The van der Waals surface area contributed by atoms with Gasteiger partial charge in [0.2, 0.25) is 0 Å². The molecule has 1 saturated heterocycles. The number of fused-ring (bicyclic) bond motifs is 1. The summed E-state index contributed by atoms with van der Waals surface area (Å²) in [5.74, 6) is -0.969. The highest BCUT2D eigenvalue weighted by atomic mass is 16.5. The highest BCUT2D eigenvalue weighted by Gasteiger charge is 2.46. The molecule has 1 amide bonds. The molecule has 1 aliphatic heterocycles. The lowest BCUT2D eigenvalue weighted by molar-refractivity contribution is -0.140. The Morgan fingerprint density at radius 2 is 1.74 bits per heavy atom. The number of rotatable bonds is 6. The summed E-state index contributed by atoms with van der Waals surface area (Å²) in [7, 11) is 3.09. The van der Waals surface area contributed by atoms with Gasteiger partial charge in [-0.05, 0) is 28.5 Å². The summed E-state index contributed by atoms with van der Waals surface area (Å²) in [6.45, 7) is 0.483. The van der Waals surface area contributed by atoms with Crippen LogP contribution in [0.3, 0.4) is 0 Å². The smallest absolute Gasteiger partial charge is 0.295 e. The number of ketones is 1. The molecule has 0 aliphatic carbocycles. The Hall–Kier alpha value is -3.64. The summed E-state index contributed by atoms with van der Waals surface area (Å²) >= 11 is 0. The molecule has 6 heteroatoms. The van der Waals surface area contributed by atoms with Gasteiger partial charge < -0.3 is 19.5 Å². The molecule has 1 N–H and O–H groups in total. The van der Waals surface area contributed by atoms with E-state index < -0.39 is 17.7 Å². The third-order valence-electron chi connectivity index (χ3n) is 5.53. The number of benzene rings is 3. The number of aliphatic hydroxyl groups is 1. The molecule has 1 fully saturated rings. The standard InChI is InChI=1S/C25H23NO5/c1-30-14-13-26-22(17-9-5-10-18(15-17)31-2)21(24(28)25(26)29)23(27)20-12-6-8-16-7-3-4-11-19(16)20/h3-12,15,22,27H,13-14H2,1-2H3/b23-21-. The summed E-state index contributed by atoms with van der Waals surface area (Å²) in [6.07, 6.45) is 0. The number of ether oxygens (including phenoxy) is 2. The number of hydrogen-bond acceptors (Lipinski definition) is 5. The Balaban J connectivity index is 1.94. The highest BCUT2D eigenvalue weighted by molar-refractivity contribution is 6.46. The van der Waals surface area contributed by atoms with Crippen LogP contribution in [0.5, 0.6) is 5.75 Å². The van der Waals surface area contributed by atoms with Crippen LogP contribution in [0.4, 0.5) is 0 Å². The van der Waals surface area contributed by atoms with Crippen molar-refractivity contribution in [3.8, 4) is 5.75 Å². The van der Waals surface area contributed by atoms with Gasteiger partial charge in [0, 0.05) is 19.2 Å². The van der Waals surface area contributed by atoms with Crippen LogP contribution in [0.1, 0.15) is 17.2 Å². The van der Waals surface area contributed by atoms with Gasteiger partial charge in [0.15, 0.2) is 0 Å². The van der Waals surface area contributed by atoms with E-state index in [1.807, 2.05) is 42.5 Å². The van der Waals surface area contributed by atoms with Crippen molar-refractivity contribution in [2.45, 2.75) is 6.04 Å². The molecule has 1 aliphatic rings. The molecule has 0 saturated carbocycles. The molecule has 1 atom stereocenters. The Morgan fingerprint density at radius 3 is 2.52 bits per heavy atom. The molecule has 1 unspecified atom stereocenters. The molecule has 3 aromatic rings. The first-order chi connectivity index (χ1) is 15.1. The van der Waals surface area contributed by atoms with Crippen molar-refractivity contribution in [1.29, 1.82) is 0 Å².